The lowest BCUT2D eigenvalue weighted by atomic mass is 10.0. The van der Waals surface area contributed by atoms with Gasteiger partial charge in [-0.05, 0) is 56.0 Å². The minimum absolute atomic E-state index is 0.000802. The highest BCUT2D eigenvalue weighted by atomic mass is 16.5. The smallest absolute Gasteiger partial charge is 0.328 e. The van der Waals surface area contributed by atoms with Crippen LogP contribution in [0.4, 0.5) is 5.69 Å². The van der Waals surface area contributed by atoms with E-state index in [-0.39, 0.29) is 31.1 Å². The first-order chi connectivity index (χ1) is 16.9. The van der Waals surface area contributed by atoms with Gasteiger partial charge in [-0.3, -0.25) is 14.6 Å². The first-order valence-corrected chi connectivity index (χ1v) is 11.3. The van der Waals surface area contributed by atoms with E-state index in [1.807, 2.05) is 31.2 Å². The summed E-state index contributed by atoms with van der Waals surface area (Å²) in [7, 11) is 0. The molecule has 0 aliphatic rings. The van der Waals surface area contributed by atoms with Gasteiger partial charge in [0.05, 0.1) is 18.6 Å². The van der Waals surface area contributed by atoms with Crippen LogP contribution in [0.25, 0.3) is 10.8 Å². The number of hydrogen-bond acceptors (Lipinski definition) is 9. The number of pyridine rings is 2. The molecular weight excluding hydrogens is 450 g/mol. The molecule has 35 heavy (non-hydrogen) atoms. The number of fused-ring (bicyclic) bond motifs is 1. The number of aryl methyl sites for hydroxylation is 1. The second-order valence-electron chi connectivity index (χ2n) is 7.86. The van der Waals surface area contributed by atoms with Gasteiger partial charge in [0.25, 0.3) is 10.9 Å². The molecule has 4 rings (SSSR count). The van der Waals surface area contributed by atoms with Crippen LogP contribution < -0.4 is 25.6 Å². The summed E-state index contributed by atoms with van der Waals surface area (Å²) in [6, 6.07) is 10.1. The summed E-state index contributed by atoms with van der Waals surface area (Å²) in [4.78, 5) is 45.0. The fourth-order valence-corrected chi connectivity index (χ4v) is 3.70. The predicted octanol–water partition coefficient (Wildman–Crippen LogP) is 3.31. The van der Waals surface area contributed by atoms with E-state index in [4.69, 9.17) is 14.2 Å². The molecule has 2 heterocycles. The van der Waals surface area contributed by atoms with Gasteiger partial charge in [-0.1, -0.05) is 12.1 Å². The number of aromatic nitrogens is 2. The van der Waals surface area contributed by atoms with Crippen LogP contribution in [-0.4, -0.2) is 35.2 Å². The molecule has 0 aliphatic heterocycles. The van der Waals surface area contributed by atoms with Crippen molar-refractivity contribution < 1.29 is 19.0 Å². The third-order valence-corrected chi connectivity index (χ3v) is 5.35. The van der Waals surface area contributed by atoms with Crippen LogP contribution in [0.15, 0.2) is 58.4 Å². The summed E-state index contributed by atoms with van der Waals surface area (Å²) in [6.45, 7) is 5.71. The quantitative estimate of drug-likeness (QED) is 0.272. The number of nitrogens with zero attached hydrogens (tertiary/aromatic N) is 2. The molecule has 0 amide bonds. The Labute approximate surface area is 201 Å². The van der Waals surface area contributed by atoms with Crippen molar-refractivity contribution in [3.63, 3.8) is 0 Å². The Balaban J connectivity index is 1.52. The Hall–Kier alpha value is -4.27. The molecule has 4 aromatic rings. The van der Waals surface area contributed by atoms with Gasteiger partial charge < -0.3 is 19.5 Å². The van der Waals surface area contributed by atoms with E-state index < -0.39 is 22.9 Å². The molecule has 180 valence electrons. The van der Waals surface area contributed by atoms with E-state index in [2.05, 4.69) is 15.3 Å². The van der Waals surface area contributed by atoms with Gasteiger partial charge >= 0.3 is 5.97 Å². The Morgan fingerprint density at radius 1 is 1.06 bits per heavy atom. The van der Waals surface area contributed by atoms with E-state index in [0.29, 0.717) is 11.6 Å². The molecule has 2 aromatic carbocycles. The topological polar surface area (TPSA) is 117 Å². The lowest BCUT2D eigenvalue weighted by Gasteiger charge is -2.21. The molecule has 0 bridgehead atoms. The first-order valence-electron chi connectivity index (χ1n) is 11.3. The fraction of sp³-hybridized carbons (Fsp3) is 0.269. The molecular formula is C26H25N3O6. The van der Waals surface area contributed by atoms with Crippen molar-refractivity contribution in [1.29, 1.82) is 0 Å². The molecule has 1 atom stereocenters. The minimum atomic E-state index is -0.877. The average Bonchev–Trinajstić information content (AvgIpc) is 2.86. The third-order valence-electron chi connectivity index (χ3n) is 5.35. The second kappa shape index (κ2) is 10.3. The number of hydrogen-bond donors (Lipinski definition) is 1. The van der Waals surface area contributed by atoms with Gasteiger partial charge in [-0.15, -0.1) is 0 Å². The predicted molar refractivity (Wildman–Crippen MR) is 131 cm³/mol. The van der Waals surface area contributed by atoms with Crippen LogP contribution in [-0.2, 0) is 16.0 Å². The molecule has 0 saturated heterocycles. The summed E-state index contributed by atoms with van der Waals surface area (Å²) in [6.07, 6.45) is 3.65. The summed E-state index contributed by atoms with van der Waals surface area (Å²) in [5.74, 6) is 0.434. The van der Waals surface area contributed by atoms with Crippen molar-refractivity contribution >= 4 is 22.4 Å². The first kappa shape index (κ1) is 23.9. The Morgan fingerprint density at radius 3 is 2.54 bits per heavy atom. The number of carbonyl (C=O) groups is 1. The van der Waals surface area contributed by atoms with Crippen LogP contribution in [0, 0.1) is 6.92 Å². The molecule has 0 aliphatic carbocycles. The number of ether oxygens (including phenoxy) is 3. The maximum atomic E-state index is 12.6. The SMILES string of the molecule is CCOC(=O)[C@H](Cc1ccc(Oc2nc(C)cc3ccncc23)cc1)Nc1c(OCC)c(=O)c1=O. The van der Waals surface area contributed by atoms with Crippen LogP contribution >= 0.6 is 0 Å². The average molecular weight is 476 g/mol. The Bertz CT molecular complexity index is 1420. The molecule has 0 saturated carbocycles. The van der Waals surface area contributed by atoms with Crippen molar-refractivity contribution in [3.05, 3.63) is 80.5 Å². The summed E-state index contributed by atoms with van der Waals surface area (Å²) in [5.41, 5.74) is 0.206. The fourth-order valence-electron chi connectivity index (χ4n) is 3.70. The summed E-state index contributed by atoms with van der Waals surface area (Å²) < 4.78 is 16.4. The highest BCUT2D eigenvalue weighted by molar-refractivity contribution is 5.86. The van der Waals surface area contributed by atoms with Gasteiger partial charge in [0.2, 0.25) is 5.88 Å². The van der Waals surface area contributed by atoms with Gasteiger partial charge in [0.15, 0.2) is 5.75 Å². The number of anilines is 1. The number of rotatable bonds is 10. The van der Waals surface area contributed by atoms with E-state index >= 15 is 0 Å². The zero-order chi connectivity index (χ0) is 24.9. The minimum Gasteiger partial charge on any atom is -0.488 e. The lowest BCUT2D eigenvalue weighted by Crippen LogP contribution is -2.42. The zero-order valence-electron chi connectivity index (χ0n) is 19.7. The Morgan fingerprint density at radius 2 is 1.83 bits per heavy atom. The van der Waals surface area contributed by atoms with Gasteiger partial charge in [-0.2, -0.15) is 0 Å². The van der Waals surface area contributed by atoms with Gasteiger partial charge in [0, 0.05) is 24.5 Å². The molecule has 0 radical (unpaired) electrons. The molecule has 0 spiro atoms. The molecule has 0 unspecified atom stereocenters. The summed E-state index contributed by atoms with van der Waals surface area (Å²) in [5, 5.41) is 4.62. The molecule has 2 aromatic heterocycles. The molecule has 9 heteroatoms. The van der Waals surface area contributed by atoms with Crippen LogP contribution in [0.5, 0.6) is 17.4 Å². The monoisotopic (exact) mass is 475 g/mol. The van der Waals surface area contributed by atoms with Crippen LogP contribution in [0.1, 0.15) is 25.1 Å². The third kappa shape index (κ3) is 5.13. The largest absolute Gasteiger partial charge is 0.488 e. The van der Waals surface area contributed by atoms with Crippen molar-refractivity contribution in [1.82, 2.24) is 9.97 Å². The normalized spacial score (nSPS) is 11.9. The van der Waals surface area contributed by atoms with Crippen molar-refractivity contribution in [2.75, 3.05) is 18.5 Å². The second-order valence-corrected chi connectivity index (χ2v) is 7.86. The van der Waals surface area contributed by atoms with E-state index in [1.165, 1.54) is 0 Å². The maximum Gasteiger partial charge on any atom is 0.328 e. The lowest BCUT2D eigenvalue weighted by molar-refractivity contribution is -0.144. The molecule has 0 fully saturated rings. The van der Waals surface area contributed by atoms with Crippen molar-refractivity contribution in [3.8, 4) is 17.4 Å². The molecule has 9 nitrogen and oxygen atoms in total. The summed E-state index contributed by atoms with van der Waals surface area (Å²) >= 11 is 0. The van der Waals surface area contributed by atoms with E-state index in [1.54, 1.807) is 38.4 Å². The highest BCUT2D eigenvalue weighted by Crippen LogP contribution is 2.28. The number of carbonyl (C=O) groups excluding carboxylic acids is 1. The van der Waals surface area contributed by atoms with Crippen molar-refractivity contribution in [2.24, 2.45) is 0 Å². The standard InChI is InChI=1S/C26H25N3O6/c1-4-33-24-21(22(30)23(24)31)29-20(26(32)34-5-2)13-16-6-8-18(9-7-16)35-25-19-14-27-11-10-17(19)12-15(3)28-25/h6-12,14,20,29H,4-5,13H2,1-3H3/t20-/m0/s1. The number of benzene rings is 1. The highest BCUT2D eigenvalue weighted by Gasteiger charge is 2.28. The zero-order valence-corrected chi connectivity index (χ0v) is 19.7. The van der Waals surface area contributed by atoms with Crippen molar-refractivity contribution in [2.45, 2.75) is 33.2 Å². The molecule has 1 N–H and O–H groups in total. The van der Waals surface area contributed by atoms with Crippen LogP contribution in [0.3, 0.4) is 0 Å². The number of nitrogens with one attached hydrogen (secondary N) is 1. The van der Waals surface area contributed by atoms with Gasteiger partial charge in [0.1, 0.15) is 17.5 Å². The van der Waals surface area contributed by atoms with Crippen LogP contribution in [0.2, 0.25) is 0 Å². The maximum absolute atomic E-state index is 12.6. The Kier molecular flexibility index (Phi) is 7.05. The van der Waals surface area contributed by atoms with E-state index in [0.717, 1.165) is 22.0 Å². The number of esters is 1. The van der Waals surface area contributed by atoms with E-state index in [9.17, 15) is 14.4 Å². The van der Waals surface area contributed by atoms with Gasteiger partial charge in [-0.25, -0.2) is 9.78 Å².